The van der Waals surface area contributed by atoms with Crippen molar-refractivity contribution in [1.82, 2.24) is 0 Å². The molecule has 0 unspecified atom stereocenters. The van der Waals surface area contributed by atoms with Crippen LogP contribution in [0.5, 0.6) is 11.5 Å². The molecule has 0 bridgehead atoms. The van der Waals surface area contributed by atoms with Crippen LogP contribution in [0.15, 0.2) is 16.6 Å². The molecule has 1 aromatic rings. The Balaban J connectivity index is 1.92. The molecule has 102 valence electrons. The first kappa shape index (κ1) is 12.8. The summed E-state index contributed by atoms with van der Waals surface area (Å²) in [4.78, 5) is 11.7. The van der Waals surface area contributed by atoms with Crippen LogP contribution in [-0.4, -0.2) is 25.3 Å². The Kier molecular flexibility index (Phi) is 3.39. The van der Waals surface area contributed by atoms with E-state index in [1.54, 1.807) is 12.1 Å². The van der Waals surface area contributed by atoms with Crippen molar-refractivity contribution in [3.05, 3.63) is 22.2 Å². The third-order valence-electron chi connectivity index (χ3n) is 3.06. The Bertz CT molecular complexity index is 471. The normalized spacial score (nSPS) is 18.0. The van der Waals surface area contributed by atoms with E-state index in [1.807, 2.05) is 0 Å². The molecule has 0 spiro atoms. The molecule has 0 radical (unpaired) electrons. The summed E-state index contributed by atoms with van der Waals surface area (Å²) in [6.07, 6.45) is 4.78. The zero-order valence-corrected chi connectivity index (χ0v) is 12.2. The molecule has 2 saturated carbocycles. The molecule has 2 aliphatic rings. The standard InChI is InChI=1S/C14H15BrO4/c1-17-14(16)8-6-11(18-9-2-3-9)13(15)12(7-8)19-10-4-5-10/h6-7,9-10H,2-5H2,1H3. The van der Waals surface area contributed by atoms with Crippen LogP contribution in [0.2, 0.25) is 0 Å². The average molecular weight is 327 g/mol. The summed E-state index contributed by atoms with van der Waals surface area (Å²) in [6.45, 7) is 0. The van der Waals surface area contributed by atoms with Gasteiger partial charge in [-0.25, -0.2) is 4.79 Å². The number of esters is 1. The molecule has 1 aromatic carbocycles. The van der Waals surface area contributed by atoms with Gasteiger partial charge in [0.15, 0.2) is 0 Å². The van der Waals surface area contributed by atoms with Gasteiger partial charge in [0.2, 0.25) is 0 Å². The molecule has 0 aromatic heterocycles. The lowest BCUT2D eigenvalue weighted by molar-refractivity contribution is 0.0599. The number of halogens is 1. The molecular formula is C14H15BrO4. The number of methoxy groups -OCH3 is 1. The van der Waals surface area contributed by atoms with Gasteiger partial charge in [-0.3, -0.25) is 0 Å². The van der Waals surface area contributed by atoms with Crippen LogP contribution in [0.1, 0.15) is 36.0 Å². The highest BCUT2D eigenvalue weighted by atomic mass is 79.9. The van der Waals surface area contributed by atoms with Crippen LogP contribution >= 0.6 is 15.9 Å². The highest BCUT2D eigenvalue weighted by Crippen LogP contribution is 2.41. The second-order valence-corrected chi connectivity index (χ2v) is 5.71. The maximum atomic E-state index is 11.7. The van der Waals surface area contributed by atoms with E-state index in [1.165, 1.54) is 7.11 Å². The molecular weight excluding hydrogens is 312 g/mol. The lowest BCUT2D eigenvalue weighted by atomic mass is 10.2. The van der Waals surface area contributed by atoms with Gasteiger partial charge in [-0.05, 0) is 53.7 Å². The zero-order chi connectivity index (χ0) is 13.4. The van der Waals surface area contributed by atoms with Crippen molar-refractivity contribution < 1.29 is 19.0 Å². The van der Waals surface area contributed by atoms with Crippen molar-refractivity contribution in [3.8, 4) is 11.5 Å². The summed E-state index contributed by atoms with van der Waals surface area (Å²) in [5, 5.41) is 0. The van der Waals surface area contributed by atoms with Gasteiger partial charge in [0.25, 0.3) is 0 Å². The number of carbonyl (C=O) groups is 1. The van der Waals surface area contributed by atoms with Crippen LogP contribution in [0.4, 0.5) is 0 Å². The van der Waals surface area contributed by atoms with Crippen molar-refractivity contribution in [3.63, 3.8) is 0 Å². The Hall–Kier alpha value is -1.23. The van der Waals surface area contributed by atoms with Gasteiger partial charge in [0.05, 0.1) is 24.9 Å². The van der Waals surface area contributed by atoms with Gasteiger partial charge in [0, 0.05) is 0 Å². The maximum absolute atomic E-state index is 11.7. The van der Waals surface area contributed by atoms with Gasteiger partial charge in [0.1, 0.15) is 16.0 Å². The molecule has 0 heterocycles. The predicted octanol–water partition coefficient (Wildman–Crippen LogP) is 3.32. The smallest absolute Gasteiger partial charge is 0.338 e. The van der Waals surface area contributed by atoms with Crippen molar-refractivity contribution in [2.24, 2.45) is 0 Å². The van der Waals surface area contributed by atoms with E-state index < -0.39 is 0 Å². The van der Waals surface area contributed by atoms with E-state index in [2.05, 4.69) is 15.9 Å². The Labute approximate surface area is 120 Å². The van der Waals surface area contributed by atoms with Gasteiger partial charge < -0.3 is 14.2 Å². The molecule has 2 aliphatic carbocycles. The van der Waals surface area contributed by atoms with E-state index in [0.717, 1.165) is 30.2 Å². The minimum atomic E-state index is -0.381. The fourth-order valence-electron chi connectivity index (χ4n) is 1.71. The molecule has 0 saturated heterocycles. The first-order chi connectivity index (χ1) is 9.17. The lowest BCUT2D eigenvalue weighted by Crippen LogP contribution is -2.06. The molecule has 2 fully saturated rings. The second kappa shape index (κ2) is 5.04. The zero-order valence-electron chi connectivity index (χ0n) is 10.6. The summed E-state index contributed by atoms with van der Waals surface area (Å²) in [5.74, 6) is 0.927. The third kappa shape index (κ3) is 3.03. The Morgan fingerprint density at radius 2 is 1.58 bits per heavy atom. The Morgan fingerprint density at radius 3 is 1.95 bits per heavy atom. The van der Waals surface area contributed by atoms with Gasteiger partial charge >= 0.3 is 5.97 Å². The summed E-state index contributed by atoms with van der Waals surface area (Å²) in [5.41, 5.74) is 0.456. The van der Waals surface area contributed by atoms with Crippen LogP contribution in [0.25, 0.3) is 0 Å². The quantitative estimate of drug-likeness (QED) is 0.778. The largest absolute Gasteiger partial charge is 0.489 e. The fraction of sp³-hybridized carbons (Fsp3) is 0.500. The molecule has 4 nitrogen and oxygen atoms in total. The highest BCUT2D eigenvalue weighted by molar-refractivity contribution is 9.10. The number of rotatable bonds is 5. The number of hydrogen-bond acceptors (Lipinski definition) is 4. The van der Waals surface area contributed by atoms with Gasteiger partial charge in [-0.15, -0.1) is 0 Å². The van der Waals surface area contributed by atoms with Crippen LogP contribution < -0.4 is 9.47 Å². The summed E-state index contributed by atoms with van der Waals surface area (Å²) in [7, 11) is 1.37. The average Bonchev–Trinajstić information content (AvgIpc) is 3.28. The van der Waals surface area contributed by atoms with Gasteiger partial charge in [-0.2, -0.15) is 0 Å². The monoisotopic (exact) mass is 326 g/mol. The van der Waals surface area contributed by atoms with E-state index in [0.29, 0.717) is 17.1 Å². The summed E-state index contributed by atoms with van der Waals surface area (Å²) < 4.78 is 17.1. The molecule has 0 N–H and O–H groups in total. The molecule has 3 rings (SSSR count). The van der Waals surface area contributed by atoms with E-state index in [-0.39, 0.29) is 18.2 Å². The first-order valence-electron chi connectivity index (χ1n) is 6.42. The van der Waals surface area contributed by atoms with Crippen molar-refractivity contribution in [2.75, 3.05) is 7.11 Å². The fourth-order valence-corrected chi connectivity index (χ4v) is 2.13. The van der Waals surface area contributed by atoms with Crippen LogP contribution in [0.3, 0.4) is 0 Å². The maximum Gasteiger partial charge on any atom is 0.338 e. The number of ether oxygens (including phenoxy) is 3. The van der Waals surface area contributed by atoms with Gasteiger partial charge in [-0.1, -0.05) is 0 Å². The number of carbonyl (C=O) groups excluding carboxylic acids is 1. The summed E-state index contributed by atoms with van der Waals surface area (Å²) >= 11 is 3.50. The van der Waals surface area contributed by atoms with Crippen molar-refractivity contribution in [2.45, 2.75) is 37.9 Å². The molecule has 0 amide bonds. The third-order valence-corrected chi connectivity index (χ3v) is 3.84. The van der Waals surface area contributed by atoms with E-state index in [9.17, 15) is 4.79 Å². The Morgan fingerprint density at radius 1 is 1.11 bits per heavy atom. The molecule has 19 heavy (non-hydrogen) atoms. The topological polar surface area (TPSA) is 44.8 Å². The second-order valence-electron chi connectivity index (χ2n) is 4.91. The molecule has 0 atom stereocenters. The molecule has 5 heteroatoms. The van der Waals surface area contributed by atoms with E-state index >= 15 is 0 Å². The minimum absolute atomic E-state index is 0.262. The summed E-state index contributed by atoms with van der Waals surface area (Å²) in [6, 6.07) is 3.40. The molecule has 0 aliphatic heterocycles. The van der Waals surface area contributed by atoms with Crippen LogP contribution in [0, 0.1) is 0 Å². The highest BCUT2D eigenvalue weighted by Gasteiger charge is 2.29. The number of hydrogen-bond donors (Lipinski definition) is 0. The predicted molar refractivity (Wildman–Crippen MR) is 72.8 cm³/mol. The van der Waals surface area contributed by atoms with Crippen LogP contribution in [-0.2, 0) is 4.74 Å². The number of benzene rings is 1. The van der Waals surface area contributed by atoms with Crippen molar-refractivity contribution in [1.29, 1.82) is 0 Å². The first-order valence-corrected chi connectivity index (χ1v) is 7.22. The minimum Gasteiger partial charge on any atom is -0.489 e. The van der Waals surface area contributed by atoms with E-state index in [4.69, 9.17) is 14.2 Å². The van der Waals surface area contributed by atoms with Crippen molar-refractivity contribution >= 4 is 21.9 Å². The lowest BCUT2D eigenvalue weighted by Gasteiger charge is -2.14. The SMILES string of the molecule is COC(=O)c1cc(OC2CC2)c(Br)c(OC2CC2)c1.